The average molecular weight is 145 g/mol. The molecule has 0 N–H and O–H groups in total. The number of hydrogen-bond donors (Lipinski definition) is 0. The standard InChI is InChI=1S/C6H3F2S/c7-4-1-2-5(8)6(9)3-4/h1-3H. The third-order valence-electron chi connectivity index (χ3n) is 0.893. The van der Waals surface area contributed by atoms with E-state index in [4.69, 9.17) is 0 Å². The maximum atomic E-state index is 12.2. The molecule has 1 rings (SSSR count). The van der Waals surface area contributed by atoms with Crippen molar-refractivity contribution >= 4 is 12.6 Å². The lowest BCUT2D eigenvalue weighted by Crippen LogP contribution is -1.78. The molecule has 0 aliphatic carbocycles. The molecule has 47 valence electrons. The molecule has 1 aromatic rings. The largest absolute Gasteiger partial charge is 0.207 e. The maximum absolute atomic E-state index is 12.2. The van der Waals surface area contributed by atoms with Crippen molar-refractivity contribution in [1.82, 2.24) is 0 Å². The van der Waals surface area contributed by atoms with E-state index in [2.05, 4.69) is 12.6 Å². The van der Waals surface area contributed by atoms with Crippen LogP contribution in [-0.4, -0.2) is 0 Å². The summed E-state index contributed by atoms with van der Waals surface area (Å²) in [6.45, 7) is 0. The van der Waals surface area contributed by atoms with E-state index in [1.807, 2.05) is 0 Å². The molecule has 0 aromatic heterocycles. The van der Waals surface area contributed by atoms with Gasteiger partial charge in [-0.05, 0) is 18.2 Å². The molecular formula is C6H3F2S. The van der Waals surface area contributed by atoms with Crippen LogP contribution >= 0.6 is 12.6 Å². The predicted octanol–water partition coefficient (Wildman–Crippen LogP) is 2.52. The second-order valence-corrected chi connectivity index (χ2v) is 2.01. The molecule has 9 heavy (non-hydrogen) atoms. The molecule has 3 heteroatoms. The van der Waals surface area contributed by atoms with Crippen LogP contribution in [0.1, 0.15) is 0 Å². The summed E-state index contributed by atoms with van der Waals surface area (Å²) >= 11 is 4.43. The zero-order valence-corrected chi connectivity index (χ0v) is 5.21. The van der Waals surface area contributed by atoms with Crippen molar-refractivity contribution in [3.05, 3.63) is 29.8 Å². The van der Waals surface area contributed by atoms with Gasteiger partial charge in [0.1, 0.15) is 11.6 Å². The van der Waals surface area contributed by atoms with Crippen molar-refractivity contribution in [1.29, 1.82) is 0 Å². The van der Waals surface area contributed by atoms with Gasteiger partial charge in [-0.25, -0.2) is 8.78 Å². The Morgan fingerprint density at radius 1 is 1.22 bits per heavy atom. The van der Waals surface area contributed by atoms with E-state index in [1.165, 1.54) is 0 Å². The Balaban J connectivity index is 3.17. The Labute approximate surface area is 56.9 Å². The average Bonchev–Trinajstić information content (AvgIpc) is 1.80. The number of hydrogen-bond acceptors (Lipinski definition) is 0. The molecule has 0 heterocycles. The van der Waals surface area contributed by atoms with Crippen LogP contribution in [0.5, 0.6) is 0 Å². The first-order chi connectivity index (χ1) is 4.20. The molecule has 0 amide bonds. The number of halogens is 2. The van der Waals surface area contributed by atoms with Crippen LogP contribution in [0.2, 0.25) is 0 Å². The summed E-state index contributed by atoms with van der Waals surface area (Å²) in [5, 5.41) is 0. The fourth-order valence-corrected chi connectivity index (χ4v) is 0.658. The van der Waals surface area contributed by atoms with Gasteiger partial charge in [0.15, 0.2) is 0 Å². The van der Waals surface area contributed by atoms with E-state index < -0.39 is 11.6 Å². The fourth-order valence-electron chi connectivity index (χ4n) is 0.477. The highest BCUT2D eigenvalue weighted by Gasteiger charge is 1.97. The van der Waals surface area contributed by atoms with Crippen LogP contribution in [0.4, 0.5) is 8.78 Å². The Morgan fingerprint density at radius 2 is 1.89 bits per heavy atom. The van der Waals surface area contributed by atoms with Crippen LogP contribution in [-0.2, 0) is 0 Å². The molecule has 0 nitrogen and oxygen atoms in total. The third kappa shape index (κ3) is 1.36. The van der Waals surface area contributed by atoms with Gasteiger partial charge in [-0.1, -0.05) is 12.6 Å². The summed E-state index contributed by atoms with van der Waals surface area (Å²) in [6, 6.07) is 3.02. The predicted molar refractivity (Wildman–Crippen MR) is 32.2 cm³/mol. The normalized spacial score (nSPS) is 9.56. The molecule has 0 fully saturated rings. The summed E-state index contributed by atoms with van der Waals surface area (Å²) in [4.78, 5) is -0.0741. The van der Waals surface area contributed by atoms with E-state index in [-0.39, 0.29) is 4.90 Å². The molecule has 0 saturated heterocycles. The van der Waals surface area contributed by atoms with Crippen LogP contribution in [0.15, 0.2) is 23.1 Å². The van der Waals surface area contributed by atoms with Crippen molar-refractivity contribution in [3.8, 4) is 0 Å². The highest BCUT2D eigenvalue weighted by atomic mass is 32.1. The Hall–Kier alpha value is -0.700. The van der Waals surface area contributed by atoms with Gasteiger partial charge in [-0.3, -0.25) is 0 Å². The minimum absolute atomic E-state index is 0.0741. The Kier molecular flexibility index (Phi) is 1.62. The van der Waals surface area contributed by atoms with Gasteiger partial charge < -0.3 is 0 Å². The van der Waals surface area contributed by atoms with Gasteiger partial charge in [-0.2, -0.15) is 0 Å². The van der Waals surface area contributed by atoms with E-state index in [0.29, 0.717) is 0 Å². The first kappa shape index (κ1) is 6.42. The van der Waals surface area contributed by atoms with Gasteiger partial charge in [-0.15, -0.1) is 0 Å². The summed E-state index contributed by atoms with van der Waals surface area (Å²) in [7, 11) is 0. The van der Waals surface area contributed by atoms with Crippen LogP contribution in [0.3, 0.4) is 0 Å². The van der Waals surface area contributed by atoms with Crippen LogP contribution < -0.4 is 0 Å². The van der Waals surface area contributed by atoms with Gasteiger partial charge in [0.2, 0.25) is 0 Å². The lowest BCUT2D eigenvalue weighted by molar-refractivity contribution is 0.578. The Morgan fingerprint density at radius 3 is 2.33 bits per heavy atom. The molecule has 0 aliphatic rings. The van der Waals surface area contributed by atoms with E-state index in [1.54, 1.807) is 0 Å². The van der Waals surface area contributed by atoms with Crippen molar-refractivity contribution in [2.75, 3.05) is 0 Å². The van der Waals surface area contributed by atoms with Gasteiger partial charge >= 0.3 is 0 Å². The molecular weight excluding hydrogens is 142 g/mol. The molecule has 0 saturated carbocycles. The van der Waals surface area contributed by atoms with Crippen molar-refractivity contribution < 1.29 is 8.78 Å². The van der Waals surface area contributed by atoms with Gasteiger partial charge in [0.05, 0.1) is 4.90 Å². The zero-order valence-electron chi connectivity index (χ0n) is 4.40. The first-order valence-corrected chi connectivity index (χ1v) is 2.73. The second-order valence-electron chi connectivity index (χ2n) is 1.57. The van der Waals surface area contributed by atoms with Gasteiger partial charge in [0, 0.05) is 0 Å². The van der Waals surface area contributed by atoms with Crippen molar-refractivity contribution in [3.63, 3.8) is 0 Å². The quantitative estimate of drug-likeness (QED) is 0.526. The molecule has 0 bridgehead atoms. The topological polar surface area (TPSA) is 0 Å². The summed E-state index contributed by atoms with van der Waals surface area (Å²) in [5.74, 6) is -1.05. The number of rotatable bonds is 0. The molecule has 0 aliphatic heterocycles. The highest BCUT2D eigenvalue weighted by Crippen LogP contribution is 2.12. The van der Waals surface area contributed by atoms with Crippen molar-refractivity contribution in [2.45, 2.75) is 4.90 Å². The van der Waals surface area contributed by atoms with Gasteiger partial charge in [0.25, 0.3) is 0 Å². The maximum Gasteiger partial charge on any atom is 0.141 e. The summed E-state index contributed by atoms with van der Waals surface area (Å²) in [6.07, 6.45) is 0. The highest BCUT2D eigenvalue weighted by molar-refractivity contribution is 7.80. The van der Waals surface area contributed by atoms with E-state index >= 15 is 0 Å². The van der Waals surface area contributed by atoms with E-state index in [9.17, 15) is 8.78 Å². The van der Waals surface area contributed by atoms with Crippen LogP contribution in [0, 0.1) is 11.6 Å². The minimum atomic E-state index is -0.550. The molecule has 1 aromatic carbocycles. The van der Waals surface area contributed by atoms with E-state index in [0.717, 1.165) is 18.2 Å². The molecule has 0 spiro atoms. The lowest BCUT2D eigenvalue weighted by atomic mass is 10.3. The smallest absolute Gasteiger partial charge is 0.141 e. The monoisotopic (exact) mass is 145 g/mol. The summed E-state index contributed by atoms with van der Waals surface area (Å²) in [5.41, 5.74) is 0. The Bertz CT molecular complexity index is 222. The number of benzene rings is 1. The molecule has 0 unspecified atom stereocenters. The van der Waals surface area contributed by atoms with Crippen molar-refractivity contribution in [2.24, 2.45) is 0 Å². The SMILES string of the molecule is Fc1ccc(F)c([S])c1. The minimum Gasteiger partial charge on any atom is -0.207 e. The zero-order chi connectivity index (χ0) is 6.85. The lowest BCUT2D eigenvalue weighted by Gasteiger charge is -1.90. The van der Waals surface area contributed by atoms with Crippen LogP contribution in [0.25, 0.3) is 0 Å². The second kappa shape index (κ2) is 2.27. The fraction of sp³-hybridized carbons (Fsp3) is 0. The first-order valence-electron chi connectivity index (χ1n) is 2.32. The molecule has 0 atom stereocenters. The molecule has 1 radical (unpaired) electrons. The summed E-state index contributed by atoms with van der Waals surface area (Å²) < 4.78 is 24.3. The third-order valence-corrected chi connectivity index (χ3v) is 1.21.